The van der Waals surface area contributed by atoms with E-state index in [0.717, 1.165) is 45.3 Å². The van der Waals surface area contributed by atoms with E-state index in [1.54, 1.807) is 69.6 Å². The number of piperidine rings is 2. The highest BCUT2D eigenvalue weighted by molar-refractivity contribution is 6.31. The Morgan fingerprint density at radius 3 is 1.63 bits per heavy atom. The first kappa shape index (κ1) is 54.0. The molecular weight excluding hydrogens is 962 g/mol. The van der Waals surface area contributed by atoms with Gasteiger partial charge in [0.2, 0.25) is 5.91 Å². The molecule has 2 saturated heterocycles. The Bertz CT molecular complexity index is 2750. The minimum absolute atomic E-state index is 0.111. The maximum Gasteiger partial charge on any atom is 0.317 e. The number of likely N-dealkylation sites (tertiary alicyclic amines) is 1. The number of methoxy groups -OCH3 is 2. The third-order valence-corrected chi connectivity index (χ3v) is 11.9. The van der Waals surface area contributed by atoms with Gasteiger partial charge in [0.1, 0.15) is 35.9 Å². The Morgan fingerprint density at radius 1 is 0.704 bits per heavy atom. The van der Waals surface area contributed by atoms with Crippen molar-refractivity contribution in [2.45, 2.75) is 25.7 Å². The van der Waals surface area contributed by atoms with Gasteiger partial charge in [-0.25, -0.2) is 28.7 Å². The van der Waals surface area contributed by atoms with Gasteiger partial charge in [-0.3, -0.25) is 14.5 Å². The summed E-state index contributed by atoms with van der Waals surface area (Å²) in [5.41, 5.74) is 1.83. The fourth-order valence-electron chi connectivity index (χ4n) is 7.84. The summed E-state index contributed by atoms with van der Waals surface area (Å²) in [6.07, 6.45) is 6.97. The van der Waals surface area contributed by atoms with Crippen molar-refractivity contribution in [2.24, 2.45) is 11.8 Å². The largest absolute Gasteiger partial charge is 0.493 e. The molecule has 0 radical (unpaired) electrons. The number of hydrogen-bond acceptors (Lipinski definition) is 15. The molecule has 17 nitrogen and oxygen atoms in total. The number of benzene rings is 4. The van der Waals surface area contributed by atoms with Gasteiger partial charge < -0.3 is 49.8 Å². The van der Waals surface area contributed by atoms with Gasteiger partial charge in [0, 0.05) is 52.0 Å². The van der Waals surface area contributed by atoms with Crippen molar-refractivity contribution in [1.29, 1.82) is 0 Å². The van der Waals surface area contributed by atoms with Gasteiger partial charge in [-0.1, -0.05) is 23.2 Å². The Kier molecular flexibility index (Phi) is 19.9. The number of carboxylic acid groups (broad SMARTS) is 1. The van der Waals surface area contributed by atoms with E-state index in [4.69, 9.17) is 47.3 Å². The van der Waals surface area contributed by atoms with Gasteiger partial charge in [0.05, 0.1) is 62.9 Å². The summed E-state index contributed by atoms with van der Waals surface area (Å²) in [7, 11) is 10.4. The van der Waals surface area contributed by atoms with Crippen LogP contribution in [0, 0.1) is 23.5 Å². The van der Waals surface area contributed by atoms with Crippen LogP contribution in [0.15, 0.2) is 73.3 Å². The van der Waals surface area contributed by atoms with Gasteiger partial charge >= 0.3 is 5.97 Å². The average Bonchev–Trinajstić information content (AvgIpc) is 3.34. The number of amides is 1. The lowest BCUT2D eigenvalue weighted by Crippen LogP contribution is -2.44. The highest BCUT2D eigenvalue weighted by Gasteiger charge is 2.25. The van der Waals surface area contributed by atoms with Crippen LogP contribution in [-0.2, 0) is 9.59 Å². The van der Waals surface area contributed by atoms with E-state index in [1.807, 2.05) is 36.0 Å². The van der Waals surface area contributed by atoms with E-state index in [0.29, 0.717) is 98.7 Å². The Labute approximate surface area is 421 Å². The van der Waals surface area contributed by atoms with Crippen molar-refractivity contribution in [1.82, 2.24) is 40.0 Å². The molecule has 2 aliphatic rings. The predicted molar refractivity (Wildman–Crippen MR) is 272 cm³/mol. The number of nitrogens with zero attached hydrogens (tertiary/aromatic N) is 7. The van der Waals surface area contributed by atoms with Crippen molar-refractivity contribution in [3.63, 3.8) is 0 Å². The second kappa shape index (κ2) is 26.2. The molecule has 0 saturated carbocycles. The van der Waals surface area contributed by atoms with Crippen molar-refractivity contribution in [3.05, 3.63) is 95.0 Å². The molecule has 8 rings (SSSR count). The van der Waals surface area contributed by atoms with E-state index in [9.17, 15) is 18.4 Å². The first-order valence-electron chi connectivity index (χ1n) is 23.0. The molecule has 380 valence electrons. The number of fused-ring (bicyclic) bond motifs is 2. The summed E-state index contributed by atoms with van der Waals surface area (Å²) in [6, 6.07) is 16.0. The predicted octanol–water partition coefficient (Wildman–Crippen LogP) is 8.54. The number of aromatic nitrogens is 4. The van der Waals surface area contributed by atoms with Crippen LogP contribution >= 0.6 is 23.2 Å². The minimum Gasteiger partial charge on any atom is -0.493 e. The van der Waals surface area contributed by atoms with Gasteiger partial charge in [-0.2, -0.15) is 0 Å². The van der Waals surface area contributed by atoms with Crippen molar-refractivity contribution < 1.29 is 42.4 Å². The number of likely N-dealkylation sites (N-methyl/N-ethyl adjacent to an activating group) is 2. The topological polar surface area (TPSA) is 189 Å². The quantitative estimate of drug-likeness (QED) is 0.0721. The van der Waals surface area contributed by atoms with Crippen LogP contribution in [0.4, 0.5) is 31.8 Å². The Hall–Kier alpha value is -6.38. The number of carboxylic acids is 1. The summed E-state index contributed by atoms with van der Waals surface area (Å²) >= 11 is 11.7. The normalized spacial score (nSPS) is 14.8. The fourth-order valence-corrected chi connectivity index (χ4v) is 8.16. The molecule has 4 N–H and O–H groups in total. The summed E-state index contributed by atoms with van der Waals surface area (Å²) in [5, 5.41) is 19.4. The molecule has 0 unspecified atom stereocenters. The van der Waals surface area contributed by atoms with E-state index in [2.05, 4.69) is 35.9 Å². The van der Waals surface area contributed by atoms with Crippen LogP contribution in [0.5, 0.6) is 23.0 Å². The standard InChI is InChI=1S/C25H29ClFN5O3.C21H22ClFN4O2.C4H9NO2/c1-31(2)13-24(33)32-8-4-5-16(12-32)14-35-23-11-21-18(10-22(23)34-3)25(29-15-28-21)30-20-7-6-17(26)9-19(20)27;1-28-19-9-15-18(10-20(19)29-11-13-4-6-24-7-5-13)25-12-26-21(15)27-17-3-2-14(22)8-16(17)23;1-5(2)3-4(6)7/h6-7,9-11,15-16H,4-5,8,12-14H2,1-3H3,(H,28,29,30);2-3,8-10,12-13,24H,4-7,11H2,1H3,(H,25,26,27);3H2,1-2H3,(H,6,7)/t16-;;/m1../s1. The number of halogens is 4. The van der Waals surface area contributed by atoms with Crippen LogP contribution in [0.1, 0.15) is 25.7 Å². The molecule has 4 heterocycles. The lowest BCUT2D eigenvalue weighted by Gasteiger charge is -2.33. The number of ether oxygens (including phenoxy) is 4. The van der Waals surface area contributed by atoms with E-state index in [-0.39, 0.29) is 29.7 Å². The maximum absolute atomic E-state index is 14.3. The van der Waals surface area contributed by atoms with Crippen molar-refractivity contribution in [3.8, 4) is 23.0 Å². The highest BCUT2D eigenvalue weighted by atomic mass is 35.5. The minimum atomic E-state index is -0.787. The molecule has 0 aliphatic carbocycles. The second-order valence-corrected chi connectivity index (χ2v) is 18.4. The number of nitrogens with one attached hydrogen (secondary N) is 3. The molecule has 6 aromatic rings. The molecule has 1 amide bonds. The SMILES string of the molecule is CN(C)CC(=O)O.COc1cc2c(Nc3ccc(Cl)cc3F)ncnc2cc1OCC1CCNCC1.COc1cc2c(Nc3ccc(Cl)cc3F)ncnc2cc1OC[C@@H]1CCCN(C(=O)CN(C)C)C1. The van der Waals surface area contributed by atoms with Crippen LogP contribution in [0.2, 0.25) is 10.0 Å². The molecule has 71 heavy (non-hydrogen) atoms. The summed E-state index contributed by atoms with van der Waals surface area (Å²) in [6.45, 7) is 5.10. The summed E-state index contributed by atoms with van der Waals surface area (Å²) in [4.78, 5) is 44.8. The van der Waals surface area contributed by atoms with Crippen LogP contribution in [0.3, 0.4) is 0 Å². The van der Waals surface area contributed by atoms with Crippen molar-refractivity contribution in [2.75, 3.05) is 106 Å². The van der Waals surface area contributed by atoms with Crippen molar-refractivity contribution >= 4 is 79.9 Å². The van der Waals surface area contributed by atoms with E-state index < -0.39 is 17.6 Å². The molecule has 0 spiro atoms. The van der Waals surface area contributed by atoms with Gasteiger partial charge in [0.15, 0.2) is 23.0 Å². The number of carbonyl (C=O) groups excluding carboxylic acids is 1. The third kappa shape index (κ3) is 15.8. The molecular formula is C50H60Cl2F2N10O7. The van der Waals surface area contributed by atoms with Gasteiger partial charge in [-0.15, -0.1) is 0 Å². The molecule has 4 aromatic carbocycles. The Balaban J connectivity index is 0.000000208. The molecule has 21 heteroatoms. The smallest absolute Gasteiger partial charge is 0.317 e. The molecule has 0 bridgehead atoms. The zero-order valence-electron chi connectivity index (χ0n) is 40.6. The number of anilines is 4. The first-order valence-corrected chi connectivity index (χ1v) is 23.7. The first-order chi connectivity index (χ1) is 34.1. The van der Waals surface area contributed by atoms with Crippen LogP contribution in [0.25, 0.3) is 21.8 Å². The zero-order valence-corrected chi connectivity index (χ0v) is 42.1. The van der Waals surface area contributed by atoms with Crippen LogP contribution < -0.4 is 34.9 Å². The van der Waals surface area contributed by atoms with Gasteiger partial charge in [-0.05, 0) is 121 Å². The zero-order chi connectivity index (χ0) is 51.0. The van der Waals surface area contributed by atoms with E-state index >= 15 is 0 Å². The van der Waals surface area contributed by atoms with E-state index in [1.165, 1.54) is 24.8 Å². The third-order valence-electron chi connectivity index (χ3n) is 11.4. The Morgan fingerprint density at radius 2 is 1.20 bits per heavy atom. The lowest BCUT2D eigenvalue weighted by atomic mass is 9.99. The average molecular weight is 1020 g/mol. The monoisotopic (exact) mass is 1020 g/mol. The summed E-state index contributed by atoms with van der Waals surface area (Å²) in [5.74, 6) is 2.35. The number of carbonyl (C=O) groups is 2. The fraction of sp³-hybridized carbons (Fsp3) is 0.400. The molecule has 1 atom stereocenters. The molecule has 2 fully saturated rings. The molecule has 2 aliphatic heterocycles. The van der Waals surface area contributed by atoms with Gasteiger partial charge in [0.25, 0.3) is 0 Å². The number of hydrogen-bond donors (Lipinski definition) is 4. The number of rotatable bonds is 16. The highest BCUT2D eigenvalue weighted by Crippen LogP contribution is 2.37. The maximum atomic E-state index is 14.3. The number of aliphatic carboxylic acids is 1. The molecule has 2 aromatic heterocycles. The summed E-state index contributed by atoms with van der Waals surface area (Å²) < 4.78 is 51.8. The second-order valence-electron chi connectivity index (χ2n) is 17.5. The van der Waals surface area contributed by atoms with Crippen LogP contribution in [-0.4, -0.2) is 147 Å². The lowest BCUT2D eigenvalue weighted by molar-refractivity contribution is -0.137.